The molecule has 3 aliphatic heterocycles. The highest BCUT2D eigenvalue weighted by Crippen LogP contribution is 2.50. The van der Waals surface area contributed by atoms with E-state index in [0.29, 0.717) is 0 Å². The van der Waals surface area contributed by atoms with Crippen LogP contribution in [-0.2, 0) is 6.42 Å². The quantitative estimate of drug-likeness (QED) is 0.838. The molecule has 21 heavy (non-hydrogen) atoms. The number of rotatable bonds is 1. The third-order valence-corrected chi connectivity index (χ3v) is 6.42. The van der Waals surface area contributed by atoms with Crippen LogP contribution in [0.4, 0.5) is 0 Å². The molecule has 2 aromatic rings. The van der Waals surface area contributed by atoms with Crippen molar-refractivity contribution in [1.82, 2.24) is 9.88 Å². The molecule has 4 bridgehead atoms. The highest BCUT2D eigenvalue weighted by atomic mass is 15.2. The molecular weight excluding hydrogens is 256 g/mol. The lowest BCUT2D eigenvalue weighted by Crippen LogP contribution is -2.56. The molecule has 3 fully saturated rings. The molecule has 1 N–H and O–H groups in total. The van der Waals surface area contributed by atoms with Crippen LogP contribution in [0.15, 0.2) is 24.3 Å². The topological polar surface area (TPSA) is 19.0 Å². The van der Waals surface area contributed by atoms with Gasteiger partial charge in [0.05, 0.1) is 0 Å². The molecule has 1 aromatic heterocycles. The molecule has 2 saturated heterocycles. The Kier molecular flexibility index (Phi) is 2.55. The Balaban J connectivity index is 1.69. The van der Waals surface area contributed by atoms with Gasteiger partial charge >= 0.3 is 0 Å². The minimum Gasteiger partial charge on any atom is -0.358 e. The maximum Gasteiger partial charge on any atom is 0.0459 e. The monoisotopic (exact) mass is 280 g/mol. The second-order valence-corrected chi connectivity index (χ2v) is 7.41. The number of piperidine rings is 2. The number of fused-ring (bicyclic) bond motifs is 4. The van der Waals surface area contributed by atoms with Crippen molar-refractivity contribution < 1.29 is 0 Å². The van der Waals surface area contributed by atoms with E-state index in [0.717, 1.165) is 23.8 Å². The van der Waals surface area contributed by atoms with Gasteiger partial charge in [0.2, 0.25) is 0 Å². The number of benzene rings is 1. The normalized spacial score (nSPS) is 37.5. The molecular formula is C19H24N2. The van der Waals surface area contributed by atoms with Gasteiger partial charge in [0.25, 0.3) is 0 Å². The zero-order valence-electron chi connectivity index (χ0n) is 12.8. The number of hydrogen-bond acceptors (Lipinski definition) is 1. The summed E-state index contributed by atoms with van der Waals surface area (Å²) in [6, 6.07) is 9.71. The van der Waals surface area contributed by atoms with Crippen LogP contribution in [0, 0.1) is 11.8 Å². The van der Waals surface area contributed by atoms with Gasteiger partial charge in [0, 0.05) is 41.6 Å². The van der Waals surface area contributed by atoms with E-state index in [4.69, 9.17) is 0 Å². The van der Waals surface area contributed by atoms with Crippen molar-refractivity contribution in [3.8, 4) is 0 Å². The molecule has 0 amide bonds. The highest BCUT2D eigenvalue weighted by Gasteiger charge is 2.48. The molecule has 6 rings (SSSR count). The Morgan fingerprint density at radius 1 is 1.24 bits per heavy atom. The Labute approximate surface area is 126 Å². The first-order chi connectivity index (χ1) is 10.3. The van der Waals surface area contributed by atoms with Crippen molar-refractivity contribution in [2.45, 2.75) is 44.6 Å². The average Bonchev–Trinajstić information content (AvgIpc) is 2.86. The van der Waals surface area contributed by atoms with Crippen molar-refractivity contribution >= 4 is 10.9 Å². The number of nitrogens with zero attached hydrogens (tertiary/aromatic N) is 1. The molecule has 2 nitrogen and oxygen atoms in total. The number of aromatic nitrogens is 1. The maximum absolute atomic E-state index is 3.81. The summed E-state index contributed by atoms with van der Waals surface area (Å²) >= 11 is 0. The molecule has 0 radical (unpaired) electrons. The van der Waals surface area contributed by atoms with E-state index in [1.807, 2.05) is 0 Å². The average molecular weight is 280 g/mol. The molecule has 110 valence electrons. The molecule has 2 heteroatoms. The first-order valence-corrected chi connectivity index (χ1v) is 8.68. The van der Waals surface area contributed by atoms with Crippen LogP contribution in [-0.4, -0.2) is 29.0 Å². The zero-order valence-corrected chi connectivity index (χ0v) is 12.8. The number of aromatic amines is 1. The molecule has 4 aliphatic rings. The summed E-state index contributed by atoms with van der Waals surface area (Å²) in [7, 11) is 0. The first kappa shape index (κ1) is 12.3. The van der Waals surface area contributed by atoms with E-state index < -0.39 is 0 Å². The first-order valence-electron chi connectivity index (χ1n) is 8.68. The van der Waals surface area contributed by atoms with Crippen LogP contribution in [0.3, 0.4) is 0 Å². The van der Waals surface area contributed by atoms with E-state index in [9.17, 15) is 0 Å². The van der Waals surface area contributed by atoms with Crippen molar-refractivity contribution in [1.29, 1.82) is 0 Å². The van der Waals surface area contributed by atoms with E-state index >= 15 is 0 Å². The predicted octanol–water partition coefficient (Wildman–Crippen LogP) is 3.93. The molecule has 1 saturated carbocycles. The Bertz CT molecular complexity index is 686. The van der Waals surface area contributed by atoms with Crippen LogP contribution in [0.25, 0.3) is 10.9 Å². The predicted molar refractivity (Wildman–Crippen MR) is 86.6 cm³/mol. The summed E-state index contributed by atoms with van der Waals surface area (Å²) in [6.45, 7) is 5.02. The fourth-order valence-electron chi connectivity index (χ4n) is 5.65. The fourth-order valence-corrected chi connectivity index (χ4v) is 5.65. The van der Waals surface area contributed by atoms with E-state index in [1.165, 1.54) is 49.7 Å². The van der Waals surface area contributed by atoms with Crippen LogP contribution >= 0.6 is 0 Å². The van der Waals surface area contributed by atoms with Gasteiger partial charge in [0.15, 0.2) is 0 Å². The van der Waals surface area contributed by atoms with Gasteiger partial charge in [-0.3, -0.25) is 4.90 Å². The third kappa shape index (κ3) is 1.63. The summed E-state index contributed by atoms with van der Waals surface area (Å²) < 4.78 is 0. The van der Waals surface area contributed by atoms with E-state index in [2.05, 4.69) is 41.1 Å². The van der Waals surface area contributed by atoms with Crippen LogP contribution in [0.2, 0.25) is 0 Å². The lowest BCUT2D eigenvalue weighted by atomic mass is 9.65. The van der Waals surface area contributed by atoms with Gasteiger partial charge in [-0.15, -0.1) is 0 Å². The van der Waals surface area contributed by atoms with Crippen molar-refractivity contribution in [3.63, 3.8) is 0 Å². The lowest BCUT2D eigenvalue weighted by molar-refractivity contribution is -0.0134. The molecule has 1 aromatic carbocycles. The van der Waals surface area contributed by atoms with E-state index in [1.54, 1.807) is 11.3 Å². The maximum atomic E-state index is 3.81. The number of nitrogens with one attached hydrogen (secondary N) is 1. The fraction of sp³-hybridized carbons (Fsp3) is 0.579. The molecule has 1 aliphatic carbocycles. The van der Waals surface area contributed by atoms with Gasteiger partial charge in [-0.05, 0) is 42.7 Å². The van der Waals surface area contributed by atoms with Crippen molar-refractivity contribution in [3.05, 3.63) is 35.5 Å². The lowest BCUT2D eigenvalue weighted by Gasteiger charge is -2.53. The Hall–Kier alpha value is -1.28. The summed E-state index contributed by atoms with van der Waals surface area (Å²) in [5.74, 6) is 2.61. The number of H-pyrrole nitrogens is 1. The minimum absolute atomic E-state index is 0.757. The van der Waals surface area contributed by atoms with Gasteiger partial charge in [-0.25, -0.2) is 0 Å². The second-order valence-electron chi connectivity index (χ2n) is 7.41. The van der Waals surface area contributed by atoms with Gasteiger partial charge < -0.3 is 4.98 Å². The zero-order chi connectivity index (χ0) is 14.0. The summed E-state index contributed by atoms with van der Waals surface area (Å²) in [4.78, 5) is 6.65. The molecule has 3 unspecified atom stereocenters. The highest BCUT2D eigenvalue weighted by molar-refractivity contribution is 5.85. The Morgan fingerprint density at radius 2 is 2.14 bits per heavy atom. The Morgan fingerprint density at radius 3 is 3.05 bits per heavy atom. The SMILES string of the molecule is CC[C@@H]1C[C@H]2CC3c4[nH]c5ccccc5c4CCN(C2)C31. The number of hydrogen-bond donors (Lipinski definition) is 1. The van der Waals surface area contributed by atoms with Crippen molar-refractivity contribution in [2.24, 2.45) is 11.8 Å². The molecule has 4 heterocycles. The molecule has 0 spiro atoms. The van der Waals surface area contributed by atoms with Crippen molar-refractivity contribution in [2.75, 3.05) is 13.1 Å². The summed E-state index contributed by atoms with van der Waals surface area (Å²) in [5, 5.41) is 1.48. The molecule has 5 atom stereocenters. The second kappa shape index (κ2) is 4.36. The number of para-hydroxylation sites is 1. The van der Waals surface area contributed by atoms with Gasteiger partial charge in [-0.2, -0.15) is 0 Å². The van der Waals surface area contributed by atoms with Gasteiger partial charge in [-0.1, -0.05) is 31.5 Å². The van der Waals surface area contributed by atoms with Gasteiger partial charge in [0.1, 0.15) is 0 Å². The third-order valence-electron chi connectivity index (χ3n) is 6.42. The smallest absolute Gasteiger partial charge is 0.0459 e. The standard InChI is InChI=1S/C19H24N2/c1-2-13-9-12-10-16-18-15(7-8-21(11-12)19(13)16)14-5-3-4-6-17(14)20-18/h3-6,12-13,16,19-20H,2,7-11H2,1H3/t12-,13+,16?,19?/m0/s1. The van der Waals surface area contributed by atoms with Crippen LogP contribution in [0.5, 0.6) is 0 Å². The summed E-state index contributed by atoms with van der Waals surface area (Å²) in [6.07, 6.45) is 5.47. The minimum atomic E-state index is 0.757. The van der Waals surface area contributed by atoms with E-state index in [-0.39, 0.29) is 0 Å². The summed E-state index contributed by atoms with van der Waals surface area (Å²) in [5.41, 5.74) is 4.57. The largest absolute Gasteiger partial charge is 0.358 e. The van der Waals surface area contributed by atoms with Crippen LogP contribution in [0.1, 0.15) is 43.4 Å². The van der Waals surface area contributed by atoms with Crippen LogP contribution < -0.4 is 0 Å².